The molecule has 0 unspecified atom stereocenters. The van der Waals surface area contributed by atoms with E-state index in [0.717, 1.165) is 6.42 Å². The second-order valence-electron chi connectivity index (χ2n) is 3.33. The summed E-state index contributed by atoms with van der Waals surface area (Å²) in [5.74, 6) is 0.221. The highest BCUT2D eigenvalue weighted by Gasteiger charge is 2.12. The molecule has 0 fully saturated rings. The molecule has 84 valence electrons. The van der Waals surface area contributed by atoms with Gasteiger partial charge in [0.25, 0.3) is 5.91 Å². The van der Waals surface area contributed by atoms with Gasteiger partial charge in [-0.05, 0) is 25.0 Å². The number of hydrogen-bond acceptors (Lipinski definition) is 4. The van der Waals surface area contributed by atoms with E-state index in [9.17, 15) is 4.79 Å². The molecule has 6 heteroatoms. The van der Waals surface area contributed by atoms with Gasteiger partial charge in [-0.15, -0.1) is 11.3 Å². The summed E-state index contributed by atoms with van der Waals surface area (Å²) in [5.41, 5.74) is 1.22. The van der Waals surface area contributed by atoms with Gasteiger partial charge in [-0.2, -0.15) is 10.1 Å². The van der Waals surface area contributed by atoms with Crippen LogP contribution in [0.2, 0.25) is 0 Å². The Hall–Kier alpha value is -1.69. The number of anilines is 1. The fourth-order valence-electron chi connectivity index (χ4n) is 1.42. The molecule has 0 aliphatic rings. The first-order valence-electron chi connectivity index (χ1n) is 4.96. The van der Waals surface area contributed by atoms with Gasteiger partial charge in [0.2, 0.25) is 5.95 Å². The molecule has 0 bridgehead atoms. The zero-order valence-corrected chi connectivity index (χ0v) is 9.89. The molecule has 0 aromatic carbocycles. The lowest BCUT2D eigenvalue weighted by molar-refractivity contribution is 0.102. The number of H-pyrrole nitrogens is 1. The van der Waals surface area contributed by atoms with Crippen LogP contribution in [-0.4, -0.2) is 21.1 Å². The Morgan fingerprint density at radius 1 is 1.62 bits per heavy atom. The van der Waals surface area contributed by atoms with E-state index in [1.54, 1.807) is 0 Å². The van der Waals surface area contributed by atoms with Crippen molar-refractivity contribution in [1.82, 2.24) is 15.2 Å². The van der Waals surface area contributed by atoms with Gasteiger partial charge in [0.1, 0.15) is 6.33 Å². The molecule has 2 heterocycles. The summed E-state index contributed by atoms with van der Waals surface area (Å²) in [5, 5.41) is 8.89. The van der Waals surface area contributed by atoms with Crippen LogP contribution in [0.1, 0.15) is 27.0 Å². The summed E-state index contributed by atoms with van der Waals surface area (Å²) >= 11 is 1.49. The van der Waals surface area contributed by atoms with Crippen molar-refractivity contribution in [3.63, 3.8) is 0 Å². The van der Waals surface area contributed by atoms with Crippen molar-refractivity contribution in [3.05, 3.63) is 27.7 Å². The van der Waals surface area contributed by atoms with E-state index < -0.39 is 0 Å². The summed E-state index contributed by atoms with van der Waals surface area (Å²) in [7, 11) is 0. The van der Waals surface area contributed by atoms with E-state index in [0.29, 0.717) is 10.8 Å². The van der Waals surface area contributed by atoms with Gasteiger partial charge in [0.15, 0.2) is 0 Å². The summed E-state index contributed by atoms with van der Waals surface area (Å²) in [6.07, 6.45) is 2.30. The first kappa shape index (κ1) is 10.8. The first-order valence-corrected chi connectivity index (χ1v) is 5.78. The second-order valence-corrected chi connectivity index (χ2v) is 4.59. The Labute approximate surface area is 96.9 Å². The number of nitrogens with one attached hydrogen (secondary N) is 2. The van der Waals surface area contributed by atoms with E-state index in [1.807, 2.05) is 13.0 Å². The Morgan fingerprint density at radius 2 is 2.44 bits per heavy atom. The molecule has 1 amide bonds. The average Bonchev–Trinajstić information content (AvgIpc) is 2.87. The molecule has 0 atom stereocenters. The first-order chi connectivity index (χ1) is 7.70. The van der Waals surface area contributed by atoms with Crippen LogP contribution in [0.25, 0.3) is 0 Å². The Morgan fingerprint density at radius 3 is 3.00 bits per heavy atom. The summed E-state index contributed by atoms with van der Waals surface area (Å²) < 4.78 is 0. The van der Waals surface area contributed by atoms with Crippen molar-refractivity contribution in [1.29, 1.82) is 0 Å². The quantitative estimate of drug-likeness (QED) is 0.856. The van der Waals surface area contributed by atoms with Gasteiger partial charge >= 0.3 is 0 Å². The van der Waals surface area contributed by atoms with Crippen LogP contribution < -0.4 is 5.32 Å². The van der Waals surface area contributed by atoms with E-state index >= 15 is 0 Å². The highest BCUT2D eigenvalue weighted by molar-refractivity contribution is 7.14. The van der Waals surface area contributed by atoms with Gasteiger partial charge in [0.05, 0.1) is 4.88 Å². The van der Waals surface area contributed by atoms with Crippen molar-refractivity contribution < 1.29 is 4.79 Å². The molecule has 2 aromatic heterocycles. The predicted molar refractivity (Wildman–Crippen MR) is 62.8 cm³/mol. The zero-order valence-electron chi connectivity index (χ0n) is 9.07. The Kier molecular flexibility index (Phi) is 3.00. The lowest BCUT2D eigenvalue weighted by atomic mass is 10.2. The van der Waals surface area contributed by atoms with E-state index in [4.69, 9.17) is 0 Å². The van der Waals surface area contributed by atoms with Crippen LogP contribution in [0, 0.1) is 6.92 Å². The second kappa shape index (κ2) is 4.44. The fourth-order valence-corrected chi connectivity index (χ4v) is 2.43. The number of rotatable bonds is 3. The number of amides is 1. The standard InChI is InChI=1S/C10H12N4OS/c1-3-7-4-8(16-6(7)2)9(15)13-10-11-5-12-14-10/h4-5H,3H2,1-2H3,(H2,11,12,13,14,15). The molecule has 0 saturated heterocycles. The van der Waals surface area contributed by atoms with Crippen molar-refractivity contribution in [3.8, 4) is 0 Å². The lowest BCUT2D eigenvalue weighted by Gasteiger charge is -1.96. The predicted octanol–water partition coefficient (Wildman–Crippen LogP) is 1.99. The van der Waals surface area contributed by atoms with Crippen molar-refractivity contribution in [2.24, 2.45) is 0 Å². The minimum Gasteiger partial charge on any atom is -0.290 e. The summed E-state index contributed by atoms with van der Waals surface area (Å²) in [4.78, 5) is 17.5. The normalized spacial score (nSPS) is 10.4. The minimum absolute atomic E-state index is 0.149. The maximum Gasteiger partial charge on any atom is 0.268 e. The number of nitrogens with zero attached hydrogens (tertiary/aromatic N) is 2. The topological polar surface area (TPSA) is 70.7 Å². The third kappa shape index (κ3) is 2.11. The van der Waals surface area contributed by atoms with Gasteiger partial charge in [-0.1, -0.05) is 6.92 Å². The lowest BCUT2D eigenvalue weighted by Crippen LogP contribution is -2.11. The monoisotopic (exact) mass is 236 g/mol. The van der Waals surface area contributed by atoms with Gasteiger partial charge < -0.3 is 0 Å². The third-order valence-corrected chi connectivity index (χ3v) is 3.36. The third-order valence-electron chi connectivity index (χ3n) is 2.27. The molecular formula is C10H12N4OS. The van der Waals surface area contributed by atoms with Gasteiger partial charge in [-0.3, -0.25) is 10.1 Å². The smallest absolute Gasteiger partial charge is 0.268 e. The van der Waals surface area contributed by atoms with Crippen LogP contribution in [0.3, 0.4) is 0 Å². The summed E-state index contributed by atoms with van der Waals surface area (Å²) in [6.45, 7) is 4.10. The maximum atomic E-state index is 11.8. The number of aryl methyl sites for hydroxylation is 2. The number of carbonyl (C=O) groups excluding carboxylic acids is 1. The van der Waals surface area contributed by atoms with Crippen LogP contribution in [0.4, 0.5) is 5.95 Å². The van der Waals surface area contributed by atoms with Crippen molar-refractivity contribution in [2.45, 2.75) is 20.3 Å². The number of carbonyl (C=O) groups is 1. The van der Waals surface area contributed by atoms with E-state index in [-0.39, 0.29) is 5.91 Å². The van der Waals surface area contributed by atoms with E-state index in [1.165, 1.54) is 28.1 Å². The molecule has 0 saturated carbocycles. The Balaban J connectivity index is 2.15. The molecule has 2 aromatic rings. The molecule has 0 aliphatic heterocycles. The maximum absolute atomic E-state index is 11.8. The van der Waals surface area contributed by atoms with E-state index in [2.05, 4.69) is 27.4 Å². The summed E-state index contributed by atoms with van der Waals surface area (Å²) in [6, 6.07) is 1.92. The van der Waals surface area contributed by atoms with Crippen molar-refractivity contribution in [2.75, 3.05) is 5.32 Å². The van der Waals surface area contributed by atoms with Gasteiger partial charge in [-0.25, -0.2) is 5.10 Å². The van der Waals surface area contributed by atoms with Crippen LogP contribution in [-0.2, 0) is 6.42 Å². The molecule has 2 N–H and O–H groups in total. The molecule has 2 rings (SSSR count). The number of aromatic amines is 1. The molecule has 16 heavy (non-hydrogen) atoms. The number of hydrogen-bond donors (Lipinski definition) is 2. The molecule has 0 spiro atoms. The van der Waals surface area contributed by atoms with Crippen molar-refractivity contribution >= 4 is 23.2 Å². The molecule has 0 radical (unpaired) electrons. The zero-order chi connectivity index (χ0) is 11.5. The SMILES string of the molecule is CCc1cc(C(=O)Nc2ncn[nH]2)sc1C. The minimum atomic E-state index is -0.149. The largest absolute Gasteiger partial charge is 0.290 e. The number of thiophene rings is 1. The van der Waals surface area contributed by atoms with Gasteiger partial charge in [0, 0.05) is 4.88 Å². The molecule has 5 nitrogen and oxygen atoms in total. The van der Waals surface area contributed by atoms with Crippen LogP contribution in [0.5, 0.6) is 0 Å². The van der Waals surface area contributed by atoms with Crippen LogP contribution >= 0.6 is 11.3 Å². The molecular weight excluding hydrogens is 224 g/mol. The molecule has 0 aliphatic carbocycles. The number of aromatic nitrogens is 3. The highest BCUT2D eigenvalue weighted by Crippen LogP contribution is 2.22. The van der Waals surface area contributed by atoms with Crippen LogP contribution in [0.15, 0.2) is 12.4 Å². The average molecular weight is 236 g/mol. The highest BCUT2D eigenvalue weighted by atomic mass is 32.1. The fraction of sp³-hybridized carbons (Fsp3) is 0.300. The Bertz CT molecular complexity index is 489.